The van der Waals surface area contributed by atoms with Gasteiger partial charge in [0.1, 0.15) is 42.1 Å². The Morgan fingerprint density at radius 1 is 1.10 bits per heavy atom. The van der Waals surface area contributed by atoms with Gasteiger partial charge >= 0.3 is 0 Å². The van der Waals surface area contributed by atoms with E-state index in [4.69, 9.17) is 0 Å². The molecule has 148 valence electrons. The molecule has 1 unspecified atom stereocenters. The molecule has 1 N–H and O–H groups in total. The standard InChI is InChI=1S/C21H18FN8/c1-29-12-18(27-28-29)15-4-2-14(3-5-15)10-23-20-9-17(25-13-26-20)19-11-24-21-8-16(22)6-7-30(19)21/h2-9,11-13,18H,10H2,1H3,(H,23,25,26)/q+1. The van der Waals surface area contributed by atoms with Gasteiger partial charge in [-0.05, 0) is 11.6 Å². The molecule has 0 spiro atoms. The molecule has 9 heteroatoms. The highest BCUT2D eigenvalue weighted by Crippen LogP contribution is 2.22. The first-order chi connectivity index (χ1) is 14.7. The van der Waals surface area contributed by atoms with Gasteiger partial charge in [-0.3, -0.25) is 4.40 Å². The maximum absolute atomic E-state index is 13.4. The topological polar surface area (TPSA) is 82.8 Å². The summed E-state index contributed by atoms with van der Waals surface area (Å²) in [6.45, 7) is 0.616. The summed E-state index contributed by atoms with van der Waals surface area (Å²) in [5.41, 5.74) is 4.22. The van der Waals surface area contributed by atoms with Crippen LogP contribution < -0.4 is 5.32 Å². The van der Waals surface area contributed by atoms with E-state index in [-0.39, 0.29) is 11.9 Å². The molecule has 8 nitrogen and oxygen atoms in total. The predicted molar refractivity (Wildman–Crippen MR) is 110 cm³/mol. The van der Waals surface area contributed by atoms with E-state index in [0.29, 0.717) is 23.7 Å². The highest BCUT2D eigenvalue weighted by Gasteiger charge is 2.21. The summed E-state index contributed by atoms with van der Waals surface area (Å²) >= 11 is 0. The Morgan fingerprint density at radius 3 is 2.77 bits per heavy atom. The van der Waals surface area contributed by atoms with E-state index in [1.807, 2.05) is 19.3 Å². The lowest BCUT2D eigenvalue weighted by Crippen LogP contribution is -2.03. The summed E-state index contributed by atoms with van der Waals surface area (Å²) < 4.78 is 16.9. The third-order valence-corrected chi connectivity index (χ3v) is 4.87. The summed E-state index contributed by atoms with van der Waals surface area (Å²) in [5.74, 6) is 0.373. The van der Waals surface area contributed by atoms with Crippen molar-refractivity contribution in [3.8, 4) is 11.4 Å². The lowest BCUT2D eigenvalue weighted by Gasteiger charge is -2.08. The van der Waals surface area contributed by atoms with Crippen molar-refractivity contribution in [1.29, 1.82) is 0 Å². The molecule has 0 saturated heterocycles. The summed E-state index contributed by atoms with van der Waals surface area (Å²) in [4.78, 5) is 12.9. The van der Waals surface area contributed by atoms with Crippen molar-refractivity contribution in [3.05, 3.63) is 78.1 Å². The van der Waals surface area contributed by atoms with E-state index in [9.17, 15) is 4.39 Å². The first kappa shape index (κ1) is 18.0. The van der Waals surface area contributed by atoms with Crippen molar-refractivity contribution in [3.63, 3.8) is 0 Å². The second-order valence-corrected chi connectivity index (χ2v) is 6.97. The third-order valence-electron chi connectivity index (χ3n) is 4.87. The zero-order valence-corrected chi connectivity index (χ0v) is 16.1. The van der Waals surface area contributed by atoms with E-state index >= 15 is 0 Å². The fraction of sp³-hybridized carbons (Fsp3) is 0.143. The van der Waals surface area contributed by atoms with Crippen LogP contribution in [-0.4, -0.2) is 37.3 Å². The van der Waals surface area contributed by atoms with E-state index < -0.39 is 0 Å². The van der Waals surface area contributed by atoms with Crippen molar-refractivity contribution in [2.24, 2.45) is 10.3 Å². The Bertz CT molecular complexity index is 1280. The maximum atomic E-state index is 13.4. The van der Waals surface area contributed by atoms with Crippen molar-refractivity contribution in [1.82, 2.24) is 19.4 Å². The monoisotopic (exact) mass is 401 g/mol. The summed E-state index contributed by atoms with van der Waals surface area (Å²) in [5, 5.41) is 11.5. The van der Waals surface area contributed by atoms with Crippen LogP contribution in [0.15, 0.2) is 71.5 Å². The molecule has 0 bridgehead atoms. The minimum atomic E-state index is -0.323. The number of aromatic nitrogens is 4. The van der Waals surface area contributed by atoms with Gasteiger partial charge in [0.2, 0.25) is 6.04 Å². The second kappa shape index (κ2) is 7.43. The number of halogens is 1. The van der Waals surface area contributed by atoms with Gasteiger partial charge in [-0.25, -0.2) is 19.3 Å². The van der Waals surface area contributed by atoms with E-state index in [1.165, 1.54) is 18.5 Å². The zero-order valence-electron chi connectivity index (χ0n) is 16.1. The molecule has 0 radical (unpaired) electrons. The Kier molecular flexibility index (Phi) is 4.47. The van der Waals surface area contributed by atoms with Crippen LogP contribution in [0.3, 0.4) is 0 Å². The van der Waals surface area contributed by atoms with Crippen LogP contribution in [-0.2, 0) is 6.54 Å². The summed E-state index contributed by atoms with van der Waals surface area (Å²) in [7, 11) is 1.86. The van der Waals surface area contributed by atoms with Gasteiger partial charge < -0.3 is 5.32 Å². The van der Waals surface area contributed by atoms with Gasteiger partial charge in [0.05, 0.1) is 17.6 Å². The largest absolute Gasteiger partial charge is 0.366 e. The number of anilines is 1. The summed E-state index contributed by atoms with van der Waals surface area (Å²) in [6, 6.07) is 12.8. The number of imidazole rings is 1. The average Bonchev–Trinajstić information content (AvgIpc) is 3.39. The maximum Gasteiger partial charge on any atom is 0.247 e. The Morgan fingerprint density at radius 2 is 1.97 bits per heavy atom. The number of fused-ring (bicyclic) bond motifs is 1. The number of rotatable bonds is 5. The molecule has 0 aliphatic carbocycles. The lowest BCUT2D eigenvalue weighted by molar-refractivity contribution is -0.501. The van der Waals surface area contributed by atoms with Crippen molar-refractivity contribution in [2.45, 2.75) is 12.6 Å². The fourth-order valence-corrected chi connectivity index (χ4v) is 3.32. The quantitative estimate of drug-likeness (QED) is 0.517. The smallest absolute Gasteiger partial charge is 0.247 e. The van der Waals surface area contributed by atoms with Crippen LogP contribution in [0, 0.1) is 5.82 Å². The van der Waals surface area contributed by atoms with Crippen LogP contribution in [0.2, 0.25) is 0 Å². The van der Waals surface area contributed by atoms with Gasteiger partial charge in [0.15, 0.2) is 0 Å². The molecule has 0 fully saturated rings. The second-order valence-electron chi connectivity index (χ2n) is 6.97. The Balaban J connectivity index is 1.31. The minimum absolute atomic E-state index is 0.0274. The van der Waals surface area contributed by atoms with Crippen LogP contribution in [0.4, 0.5) is 10.2 Å². The summed E-state index contributed by atoms with van der Waals surface area (Å²) in [6.07, 6.45) is 6.78. The van der Waals surface area contributed by atoms with E-state index in [0.717, 1.165) is 16.8 Å². The molecule has 3 aromatic heterocycles. The predicted octanol–water partition coefficient (Wildman–Crippen LogP) is 3.68. The normalized spacial score (nSPS) is 15.5. The molecule has 1 aliphatic rings. The molecular weight excluding hydrogens is 383 g/mol. The van der Waals surface area contributed by atoms with Gasteiger partial charge in [-0.2, -0.15) is 0 Å². The number of nitrogens with one attached hydrogen (secondary N) is 1. The minimum Gasteiger partial charge on any atom is -0.366 e. The SMILES string of the molecule is C[N+]1=CC(c2ccc(CNc3cc(-c4cnc5cc(F)ccn45)ncn3)cc2)N=N1. The molecule has 1 atom stereocenters. The molecule has 1 aromatic carbocycles. The van der Waals surface area contributed by atoms with E-state index in [2.05, 4.69) is 54.9 Å². The number of nitrogens with zero attached hydrogens (tertiary/aromatic N) is 7. The molecule has 5 rings (SSSR count). The van der Waals surface area contributed by atoms with Gasteiger partial charge in [-0.1, -0.05) is 24.3 Å². The number of benzene rings is 1. The molecule has 4 heterocycles. The number of pyridine rings is 1. The number of hydrogen-bond acceptors (Lipinski definition) is 6. The first-order valence-electron chi connectivity index (χ1n) is 9.42. The van der Waals surface area contributed by atoms with Crippen LogP contribution in [0.5, 0.6) is 0 Å². The van der Waals surface area contributed by atoms with Crippen LogP contribution >= 0.6 is 0 Å². The van der Waals surface area contributed by atoms with Gasteiger partial charge in [-0.15, -0.1) is 4.68 Å². The molecule has 4 aromatic rings. The first-order valence-corrected chi connectivity index (χ1v) is 9.42. The Labute approximate surface area is 171 Å². The van der Waals surface area contributed by atoms with Crippen LogP contribution in [0.1, 0.15) is 17.2 Å². The zero-order chi connectivity index (χ0) is 20.5. The van der Waals surface area contributed by atoms with Crippen molar-refractivity contribution in [2.75, 3.05) is 12.4 Å². The van der Waals surface area contributed by atoms with Gasteiger partial charge in [0.25, 0.3) is 0 Å². The lowest BCUT2D eigenvalue weighted by atomic mass is 10.1. The van der Waals surface area contributed by atoms with E-state index in [1.54, 1.807) is 21.5 Å². The number of hydrogen-bond donors (Lipinski definition) is 1. The average molecular weight is 401 g/mol. The third kappa shape index (κ3) is 3.52. The molecule has 1 aliphatic heterocycles. The molecular formula is C21H18FN8+. The molecule has 0 saturated carbocycles. The fourth-order valence-electron chi connectivity index (χ4n) is 3.32. The highest BCUT2D eigenvalue weighted by atomic mass is 19.1. The molecule has 30 heavy (non-hydrogen) atoms. The Hall–Kier alpha value is -4.01. The van der Waals surface area contributed by atoms with Crippen LogP contribution in [0.25, 0.3) is 17.0 Å². The van der Waals surface area contributed by atoms with Crippen molar-refractivity contribution < 1.29 is 9.07 Å². The highest BCUT2D eigenvalue weighted by molar-refractivity contribution is 5.64. The van der Waals surface area contributed by atoms with Crippen molar-refractivity contribution >= 4 is 17.7 Å². The van der Waals surface area contributed by atoms with Gasteiger partial charge in [0, 0.05) is 35.6 Å². The molecule has 0 amide bonds.